The van der Waals surface area contributed by atoms with Gasteiger partial charge in [-0.2, -0.15) is 0 Å². The molecule has 0 saturated carbocycles. The van der Waals surface area contributed by atoms with Crippen LogP contribution >= 0.6 is 0 Å². The van der Waals surface area contributed by atoms with Crippen molar-refractivity contribution < 1.29 is 0 Å². The van der Waals surface area contributed by atoms with Gasteiger partial charge in [-0.25, -0.2) is 0 Å². The Kier molecular flexibility index (Phi) is 9.48. The maximum atomic E-state index is 3.48. The van der Waals surface area contributed by atoms with E-state index >= 15 is 0 Å². The van der Waals surface area contributed by atoms with Gasteiger partial charge in [-0.3, -0.25) is 0 Å². The van der Waals surface area contributed by atoms with Gasteiger partial charge < -0.3 is 15.1 Å². The zero-order valence-electron chi connectivity index (χ0n) is 13.5. The molecule has 1 aliphatic rings. The van der Waals surface area contributed by atoms with Crippen molar-refractivity contribution >= 4 is 0 Å². The zero-order valence-corrected chi connectivity index (χ0v) is 13.5. The van der Waals surface area contributed by atoms with Crippen LogP contribution in [0, 0.1) is 5.92 Å². The van der Waals surface area contributed by atoms with Crippen molar-refractivity contribution in [2.24, 2.45) is 5.92 Å². The molecule has 3 nitrogen and oxygen atoms in total. The van der Waals surface area contributed by atoms with E-state index in [1.807, 2.05) is 0 Å². The van der Waals surface area contributed by atoms with Crippen molar-refractivity contribution in [3.05, 3.63) is 0 Å². The summed E-state index contributed by atoms with van der Waals surface area (Å²) in [6.45, 7) is 9.86. The Morgan fingerprint density at radius 1 is 1.05 bits per heavy atom. The van der Waals surface area contributed by atoms with Gasteiger partial charge in [0, 0.05) is 6.54 Å². The van der Waals surface area contributed by atoms with E-state index in [-0.39, 0.29) is 0 Å². The van der Waals surface area contributed by atoms with Crippen molar-refractivity contribution in [1.29, 1.82) is 0 Å². The molecule has 114 valence electrons. The molecule has 1 heterocycles. The van der Waals surface area contributed by atoms with Crippen LogP contribution in [0.25, 0.3) is 0 Å². The second-order valence-electron chi connectivity index (χ2n) is 6.36. The summed E-state index contributed by atoms with van der Waals surface area (Å²) in [6.07, 6.45) is 8.16. The fourth-order valence-corrected chi connectivity index (χ4v) is 2.97. The van der Waals surface area contributed by atoms with Gasteiger partial charge in [-0.05, 0) is 84.8 Å². The predicted octanol–water partition coefficient (Wildman–Crippen LogP) is 2.43. The van der Waals surface area contributed by atoms with Gasteiger partial charge in [0.1, 0.15) is 0 Å². The number of hydrogen-bond acceptors (Lipinski definition) is 3. The van der Waals surface area contributed by atoms with Crippen molar-refractivity contribution in [3.63, 3.8) is 0 Å². The van der Waals surface area contributed by atoms with Crippen LogP contribution in [0.15, 0.2) is 0 Å². The molecule has 1 aliphatic heterocycles. The summed E-state index contributed by atoms with van der Waals surface area (Å²) in [5.74, 6) is 0.935. The van der Waals surface area contributed by atoms with Crippen molar-refractivity contribution in [2.75, 3.05) is 53.4 Å². The maximum absolute atomic E-state index is 3.48. The average molecular weight is 269 g/mol. The van der Waals surface area contributed by atoms with Gasteiger partial charge in [-0.15, -0.1) is 0 Å². The van der Waals surface area contributed by atoms with Crippen molar-refractivity contribution in [1.82, 2.24) is 15.1 Å². The summed E-state index contributed by atoms with van der Waals surface area (Å²) in [5.41, 5.74) is 0. The number of piperidine rings is 1. The van der Waals surface area contributed by atoms with Crippen LogP contribution in [-0.4, -0.2) is 63.2 Å². The van der Waals surface area contributed by atoms with Crippen LogP contribution < -0.4 is 5.32 Å². The normalized spacial score (nSPS) is 18.3. The Labute approximate surface area is 120 Å². The highest BCUT2D eigenvalue weighted by atomic mass is 15.1. The molecule has 0 aliphatic carbocycles. The first-order valence-corrected chi connectivity index (χ1v) is 8.30. The monoisotopic (exact) mass is 269 g/mol. The molecule has 0 amide bonds. The Hall–Kier alpha value is -0.120. The van der Waals surface area contributed by atoms with Gasteiger partial charge in [0.05, 0.1) is 0 Å². The molecular formula is C16H35N3. The van der Waals surface area contributed by atoms with Crippen LogP contribution in [0.1, 0.15) is 45.4 Å². The first kappa shape index (κ1) is 16.9. The number of hydrogen-bond donors (Lipinski definition) is 1. The largest absolute Gasteiger partial charge is 0.317 e. The van der Waals surface area contributed by atoms with Crippen LogP contribution in [0.5, 0.6) is 0 Å². The van der Waals surface area contributed by atoms with Crippen LogP contribution in [0.4, 0.5) is 0 Å². The zero-order chi connectivity index (χ0) is 13.9. The second-order valence-corrected chi connectivity index (χ2v) is 6.36. The molecule has 0 aromatic rings. The Morgan fingerprint density at radius 3 is 2.42 bits per heavy atom. The Bertz CT molecular complexity index is 198. The van der Waals surface area contributed by atoms with Crippen molar-refractivity contribution in [3.8, 4) is 0 Å². The van der Waals surface area contributed by atoms with E-state index in [0.29, 0.717) is 0 Å². The van der Waals surface area contributed by atoms with Gasteiger partial charge in [-0.1, -0.05) is 13.3 Å². The van der Waals surface area contributed by atoms with E-state index in [1.165, 1.54) is 77.8 Å². The lowest BCUT2D eigenvalue weighted by molar-refractivity contribution is 0.160. The smallest absolute Gasteiger partial charge is 0.000451 e. The van der Waals surface area contributed by atoms with Gasteiger partial charge in [0.25, 0.3) is 0 Å². The molecule has 1 N–H and O–H groups in total. The standard InChI is InChI=1S/C16H35N3/c1-4-10-17-11-6-5-7-12-19-13-8-16(9-14-19)15-18(2)3/h16-17H,4-15H2,1-3H3. The summed E-state index contributed by atoms with van der Waals surface area (Å²) in [5, 5.41) is 3.48. The SMILES string of the molecule is CCCNCCCCCN1CCC(CN(C)C)CC1. The molecule has 0 radical (unpaired) electrons. The molecule has 3 heteroatoms. The lowest BCUT2D eigenvalue weighted by Crippen LogP contribution is -2.37. The summed E-state index contributed by atoms with van der Waals surface area (Å²) in [4.78, 5) is 5.01. The molecule has 0 spiro atoms. The Balaban J connectivity index is 1.92. The highest BCUT2D eigenvalue weighted by molar-refractivity contribution is 4.73. The number of nitrogens with zero attached hydrogens (tertiary/aromatic N) is 2. The van der Waals surface area contributed by atoms with E-state index < -0.39 is 0 Å². The average Bonchev–Trinajstić information content (AvgIpc) is 2.39. The molecule has 0 unspecified atom stereocenters. The Morgan fingerprint density at radius 2 is 1.79 bits per heavy atom. The summed E-state index contributed by atoms with van der Waals surface area (Å²) < 4.78 is 0. The lowest BCUT2D eigenvalue weighted by atomic mass is 9.96. The minimum absolute atomic E-state index is 0.935. The summed E-state index contributed by atoms with van der Waals surface area (Å²) in [7, 11) is 4.39. The van der Waals surface area contributed by atoms with Crippen LogP contribution in [-0.2, 0) is 0 Å². The number of nitrogens with one attached hydrogen (secondary N) is 1. The number of likely N-dealkylation sites (tertiary alicyclic amines) is 1. The highest BCUT2D eigenvalue weighted by Gasteiger charge is 2.18. The van der Waals surface area contributed by atoms with Crippen LogP contribution in [0.2, 0.25) is 0 Å². The second kappa shape index (κ2) is 10.6. The third-order valence-corrected chi connectivity index (χ3v) is 4.09. The van der Waals surface area contributed by atoms with Gasteiger partial charge >= 0.3 is 0 Å². The van der Waals surface area contributed by atoms with E-state index in [9.17, 15) is 0 Å². The molecule has 0 bridgehead atoms. The molecule has 0 aromatic heterocycles. The third-order valence-electron chi connectivity index (χ3n) is 4.09. The molecular weight excluding hydrogens is 234 g/mol. The van der Waals surface area contributed by atoms with E-state index in [4.69, 9.17) is 0 Å². The van der Waals surface area contributed by atoms with E-state index in [2.05, 4.69) is 36.1 Å². The summed E-state index contributed by atoms with van der Waals surface area (Å²) in [6, 6.07) is 0. The molecule has 1 rings (SSSR count). The molecule has 19 heavy (non-hydrogen) atoms. The van der Waals surface area contributed by atoms with E-state index in [1.54, 1.807) is 0 Å². The fraction of sp³-hybridized carbons (Fsp3) is 1.00. The maximum Gasteiger partial charge on any atom is 0.000451 e. The van der Waals surface area contributed by atoms with Crippen molar-refractivity contribution in [2.45, 2.75) is 45.4 Å². The number of unbranched alkanes of at least 4 members (excludes halogenated alkanes) is 2. The highest BCUT2D eigenvalue weighted by Crippen LogP contribution is 2.18. The first-order chi connectivity index (χ1) is 9.22. The fourth-order valence-electron chi connectivity index (χ4n) is 2.97. The molecule has 1 fully saturated rings. The molecule has 0 atom stereocenters. The van der Waals surface area contributed by atoms with E-state index in [0.717, 1.165) is 5.92 Å². The van der Waals surface area contributed by atoms with Crippen LogP contribution in [0.3, 0.4) is 0 Å². The lowest BCUT2D eigenvalue weighted by Gasteiger charge is -2.33. The summed E-state index contributed by atoms with van der Waals surface area (Å²) >= 11 is 0. The quantitative estimate of drug-likeness (QED) is 0.615. The number of rotatable bonds is 10. The first-order valence-electron chi connectivity index (χ1n) is 8.30. The van der Waals surface area contributed by atoms with Gasteiger partial charge in [0.15, 0.2) is 0 Å². The topological polar surface area (TPSA) is 18.5 Å². The predicted molar refractivity (Wildman–Crippen MR) is 84.7 cm³/mol. The minimum Gasteiger partial charge on any atom is -0.317 e. The third kappa shape index (κ3) is 8.61. The van der Waals surface area contributed by atoms with Gasteiger partial charge in [0.2, 0.25) is 0 Å². The molecule has 0 aromatic carbocycles. The minimum atomic E-state index is 0.935. The molecule has 1 saturated heterocycles.